The highest BCUT2D eigenvalue weighted by Gasteiger charge is 2.18. The van der Waals surface area contributed by atoms with Crippen LogP contribution in [0.2, 0.25) is 5.02 Å². The van der Waals surface area contributed by atoms with E-state index in [2.05, 4.69) is 16.8 Å². The fraction of sp³-hybridized carbons (Fsp3) is 0.0435. The maximum atomic E-state index is 12.5. The van der Waals surface area contributed by atoms with Crippen LogP contribution in [-0.2, 0) is 4.79 Å². The number of hydrogen-bond donors (Lipinski definition) is 2. The Hall–Kier alpha value is -3.55. The molecule has 0 spiro atoms. The first-order valence-corrected chi connectivity index (χ1v) is 8.97. The molecule has 4 N–H and O–H groups in total. The first kappa shape index (κ1) is 19.2. The molecule has 0 aliphatic carbocycles. The van der Waals surface area contributed by atoms with Crippen molar-refractivity contribution < 1.29 is 4.79 Å². The zero-order chi connectivity index (χ0) is 19.9. The van der Waals surface area contributed by atoms with Gasteiger partial charge in [0.15, 0.2) is 5.96 Å². The Morgan fingerprint density at radius 2 is 1.46 bits per heavy atom. The summed E-state index contributed by atoms with van der Waals surface area (Å²) in [5.41, 5.74) is 14.2. The van der Waals surface area contributed by atoms with Gasteiger partial charge in [-0.25, -0.2) is 0 Å². The molecule has 1 amide bonds. The lowest BCUT2D eigenvalue weighted by atomic mass is 9.95. The van der Waals surface area contributed by atoms with Gasteiger partial charge in [-0.3, -0.25) is 4.79 Å². The van der Waals surface area contributed by atoms with Gasteiger partial charge >= 0.3 is 0 Å². The third-order valence-electron chi connectivity index (χ3n) is 4.06. The summed E-state index contributed by atoms with van der Waals surface area (Å²) in [6.07, 6.45) is 0. The highest BCUT2D eigenvalue weighted by Crippen LogP contribution is 2.24. The van der Waals surface area contributed by atoms with Gasteiger partial charge in [-0.15, -0.1) is 0 Å². The first-order valence-electron chi connectivity index (χ1n) is 8.59. The predicted octanol–water partition coefficient (Wildman–Crippen LogP) is 3.94. The zero-order valence-corrected chi connectivity index (χ0v) is 15.7. The molecule has 138 valence electrons. The second kappa shape index (κ2) is 8.90. The summed E-state index contributed by atoms with van der Waals surface area (Å²) in [6.45, 7) is 0. The molecular weight excluding hydrogens is 370 g/mol. The molecule has 4 nitrogen and oxygen atoms in total. The minimum absolute atomic E-state index is 0.296. The summed E-state index contributed by atoms with van der Waals surface area (Å²) in [5.74, 6) is 4.29. The summed E-state index contributed by atoms with van der Waals surface area (Å²) in [6, 6.07) is 24.7. The minimum atomic E-state index is -0.803. The van der Waals surface area contributed by atoms with Gasteiger partial charge in [0.1, 0.15) is 5.92 Å². The van der Waals surface area contributed by atoms with Gasteiger partial charge in [-0.2, -0.15) is 4.99 Å². The summed E-state index contributed by atoms with van der Waals surface area (Å²) < 4.78 is 0. The lowest BCUT2D eigenvalue weighted by Gasteiger charge is -2.09. The lowest BCUT2D eigenvalue weighted by molar-refractivity contribution is -0.118. The van der Waals surface area contributed by atoms with Crippen LogP contribution in [0.1, 0.15) is 17.0 Å². The highest BCUT2D eigenvalue weighted by atomic mass is 35.5. The van der Waals surface area contributed by atoms with E-state index in [1.807, 2.05) is 66.7 Å². The second-order valence-electron chi connectivity index (χ2n) is 6.05. The van der Waals surface area contributed by atoms with E-state index in [0.717, 1.165) is 11.1 Å². The van der Waals surface area contributed by atoms with Gasteiger partial charge in [0, 0.05) is 5.56 Å². The maximum Gasteiger partial charge on any atom is 0.268 e. The molecule has 1 unspecified atom stereocenters. The normalized spacial score (nSPS) is 11.0. The Bertz CT molecular complexity index is 1060. The lowest BCUT2D eigenvalue weighted by Crippen LogP contribution is -2.25. The van der Waals surface area contributed by atoms with E-state index < -0.39 is 11.8 Å². The van der Waals surface area contributed by atoms with Crippen LogP contribution in [0.5, 0.6) is 0 Å². The molecule has 0 heterocycles. The van der Waals surface area contributed by atoms with E-state index in [-0.39, 0.29) is 5.96 Å². The van der Waals surface area contributed by atoms with Crippen LogP contribution < -0.4 is 11.5 Å². The van der Waals surface area contributed by atoms with Gasteiger partial charge in [-0.05, 0) is 28.8 Å². The molecule has 0 saturated carbocycles. The molecule has 1 atom stereocenters. The van der Waals surface area contributed by atoms with Crippen molar-refractivity contribution in [1.82, 2.24) is 0 Å². The second-order valence-corrected chi connectivity index (χ2v) is 6.45. The summed E-state index contributed by atoms with van der Waals surface area (Å²) in [4.78, 5) is 16.2. The molecule has 3 rings (SSSR count). The summed E-state index contributed by atoms with van der Waals surface area (Å²) in [7, 11) is 0. The Kier molecular flexibility index (Phi) is 6.11. The Morgan fingerprint density at radius 3 is 2.11 bits per heavy atom. The molecule has 0 saturated heterocycles. The molecular formula is C23H18ClN3O. The van der Waals surface area contributed by atoms with Gasteiger partial charge in [0.2, 0.25) is 0 Å². The van der Waals surface area contributed by atoms with Crippen molar-refractivity contribution in [1.29, 1.82) is 0 Å². The number of carbonyl (C=O) groups excluding carboxylic acids is 1. The number of carbonyl (C=O) groups is 1. The van der Waals surface area contributed by atoms with Crippen molar-refractivity contribution >= 4 is 23.5 Å². The number of halogens is 1. The topological polar surface area (TPSA) is 81.5 Å². The fourth-order valence-electron chi connectivity index (χ4n) is 2.69. The van der Waals surface area contributed by atoms with Crippen molar-refractivity contribution in [3.63, 3.8) is 0 Å². The number of rotatable bonds is 3. The first-order chi connectivity index (χ1) is 13.5. The smallest absolute Gasteiger partial charge is 0.268 e. The molecule has 3 aromatic carbocycles. The number of guanidine groups is 1. The van der Waals surface area contributed by atoms with Crippen molar-refractivity contribution in [3.05, 3.63) is 95.0 Å². The van der Waals surface area contributed by atoms with E-state index in [9.17, 15) is 4.79 Å². The number of nitrogens with two attached hydrogens (primary N) is 2. The predicted molar refractivity (Wildman–Crippen MR) is 114 cm³/mol. The van der Waals surface area contributed by atoms with Crippen LogP contribution in [0.4, 0.5) is 0 Å². The number of aliphatic imine (C=N–C) groups is 1. The molecule has 0 bridgehead atoms. The molecule has 28 heavy (non-hydrogen) atoms. The molecule has 0 aliphatic rings. The van der Waals surface area contributed by atoms with Crippen LogP contribution in [0.15, 0.2) is 83.9 Å². The van der Waals surface area contributed by atoms with Crippen molar-refractivity contribution in [3.8, 4) is 23.0 Å². The van der Waals surface area contributed by atoms with Gasteiger partial charge in [0.25, 0.3) is 5.91 Å². The summed E-state index contributed by atoms with van der Waals surface area (Å²) >= 11 is 6.15. The fourth-order valence-corrected chi connectivity index (χ4v) is 2.87. The van der Waals surface area contributed by atoms with E-state index in [1.54, 1.807) is 12.1 Å². The molecule has 5 heteroatoms. The average molecular weight is 388 g/mol. The number of benzene rings is 3. The van der Waals surface area contributed by atoms with E-state index in [1.165, 1.54) is 0 Å². The Morgan fingerprint density at radius 1 is 0.857 bits per heavy atom. The third kappa shape index (κ3) is 4.79. The van der Waals surface area contributed by atoms with Gasteiger partial charge in [0.05, 0.1) is 5.02 Å². The monoisotopic (exact) mass is 387 g/mol. The third-order valence-corrected chi connectivity index (χ3v) is 4.39. The molecule has 0 aromatic heterocycles. The Labute approximate surface area is 168 Å². The number of hydrogen-bond acceptors (Lipinski definition) is 1. The van der Waals surface area contributed by atoms with E-state index in [0.29, 0.717) is 16.1 Å². The van der Waals surface area contributed by atoms with Crippen LogP contribution >= 0.6 is 11.6 Å². The van der Waals surface area contributed by atoms with Crippen molar-refractivity contribution in [2.45, 2.75) is 5.92 Å². The van der Waals surface area contributed by atoms with E-state index >= 15 is 0 Å². The molecule has 0 fully saturated rings. The maximum absolute atomic E-state index is 12.5. The highest BCUT2D eigenvalue weighted by molar-refractivity contribution is 6.31. The molecule has 0 radical (unpaired) electrons. The standard InChI is InChI=1S/C23H18ClN3O/c24-21-9-5-4-8-19(21)14-15-20(22(28)27-23(25)26)18-12-10-17(11-13-18)16-6-2-1-3-7-16/h1-13,20H,(H4,25,26,27,28). The average Bonchev–Trinajstić information content (AvgIpc) is 2.70. The number of amides is 1. The van der Waals surface area contributed by atoms with Crippen molar-refractivity contribution in [2.24, 2.45) is 16.5 Å². The quantitative estimate of drug-likeness (QED) is 0.405. The van der Waals surface area contributed by atoms with Crippen molar-refractivity contribution in [2.75, 3.05) is 0 Å². The van der Waals surface area contributed by atoms with Gasteiger partial charge in [-0.1, -0.05) is 90.2 Å². The van der Waals surface area contributed by atoms with Crippen LogP contribution in [-0.4, -0.2) is 11.9 Å². The van der Waals surface area contributed by atoms with Crippen LogP contribution in [0, 0.1) is 11.8 Å². The number of nitrogens with zero attached hydrogens (tertiary/aromatic N) is 1. The molecule has 0 aliphatic heterocycles. The summed E-state index contributed by atoms with van der Waals surface area (Å²) in [5, 5.41) is 0.516. The largest absolute Gasteiger partial charge is 0.370 e. The zero-order valence-electron chi connectivity index (χ0n) is 15.0. The van der Waals surface area contributed by atoms with Gasteiger partial charge < -0.3 is 11.5 Å². The Balaban J connectivity index is 1.97. The minimum Gasteiger partial charge on any atom is -0.370 e. The van der Waals surface area contributed by atoms with Crippen LogP contribution in [0.3, 0.4) is 0 Å². The van der Waals surface area contributed by atoms with Crippen LogP contribution in [0.25, 0.3) is 11.1 Å². The van der Waals surface area contributed by atoms with E-state index in [4.69, 9.17) is 23.1 Å². The molecule has 3 aromatic rings. The SMILES string of the molecule is NC(N)=NC(=O)C(C#Cc1ccccc1Cl)c1ccc(-c2ccccc2)cc1.